The maximum absolute atomic E-state index is 14.4. The van der Waals surface area contributed by atoms with Crippen molar-refractivity contribution in [3.63, 3.8) is 0 Å². The van der Waals surface area contributed by atoms with Gasteiger partial charge in [0.15, 0.2) is 0 Å². The number of carbonyl (C=O) groups is 1. The van der Waals surface area contributed by atoms with Crippen LogP contribution in [0.15, 0.2) is 42.1 Å². The summed E-state index contributed by atoms with van der Waals surface area (Å²) in [5, 5.41) is 8.67. The van der Waals surface area contributed by atoms with Crippen LogP contribution in [0.5, 0.6) is 0 Å². The smallest absolute Gasteiger partial charge is 0.252 e. The third-order valence-corrected chi connectivity index (χ3v) is 10.3. The highest BCUT2D eigenvalue weighted by atomic mass is 35.5. The Morgan fingerprint density at radius 2 is 1.83 bits per heavy atom. The fourth-order valence-electron chi connectivity index (χ4n) is 5.75. The lowest BCUT2D eigenvalue weighted by Crippen LogP contribution is -2.59. The van der Waals surface area contributed by atoms with Gasteiger partial charge in [-0.2, -0.15) is 0 Å². The first-order valence-electron chi connectivity index (χ1n) is 13.9. The van der Waals surface area contributed by atoms with E-state index >= 15 is 0 Å². The monoisotopic (exact) mass is 651 g/mol. The van der Waals surface area contributed by atoms with Gasteiger partial charge < -0.3 is 15.5 Å². The molecule has 0 unspecified atom stereocenters. The number of fused-ring (bicyclic) bond motifs is 2. The summed E-state index contributed by atoms with van der Waals surface area (Å²) >= 11 is 20.4. The Morgan fingerprint density at radius 1 is 1.05 bits per heavy atom. The zero-order valence-corrected chi connectivity index (χ0v) is 26.0. The molecule has 1 saturated carbocycles. The maximum atomic E-state index is 14.4. The van der Waals surface area contributed by atoms with E-state index in [0.717, 1.165) is 58.1 Å². The molecule has 2 fully saturated rings. The standard InChI is InChI=1S/C30H30Cl3F2N5OS/c1-39(14-20-22(34)7-8-23(35)29(20)33)15-26-37-12-25(42-26)19-9-17-10-36-11-24(38-17)27(19)30(41)40(18-5-6-18)13-16-3-2-4-21(31)28(16)32/h2-4,7-8,12,17-18,24,36,38H,5-6,9-11,13-15H2,1H3/t17-,24-/m1/s1. The largest absolute Gasteiger partial charge is 0.331 e. The number of amides is 1. The number of nitrogens with one attached hydrogen (secondary N) is 2. The molecule has 6 nitrogen and oxygen atoms in total. The second kappa shape index (κ2) is 12.5. The second-order valence-corrected chi connectivity index (χ2v) is 13.4. The van der Waals surface area contributed by atoms with Gasteiger partial charge in [-0.05, 0) is 55.6 Å². The molecule has 2 aromatic carbocycles. The average molecular weight is 653 g/mol. The van der Waals surface area contributed by atoms with Gasteiger partial charge in [0.1, 0.15) is 16.6 Å². The van der Waals surface area contributed by atoms with Crippen LogP contribution in [0.1, 0.15) is 40.3 Å². The van der Waals surface area contributed by atoms with Crippen LogP contribution in [0, 0.1) is 11.6 Å². The van der Waals surface area contributed by atoms with Crippen molar-refractivity contribution in [2.24, 2.45) is 0 Å². The molecule has 12 heteroatoms. The van der Waals surface area contributed by atoms with Gasteiger partial charge in [-0.25, -0.2) is 13.8 Å². The third-order valence-electron chi connectivity index (χ3n) is 7.97. The number of thiazole rings is 1. The number of aromatic nitrogens is 1. The molecule has 3 aromatic rings. The lowest BCUT2D eigenvalue weighted by Gasteiger charge is -2.40. The van der Waals surface area contributed by atoms with Crippen LogP contribution < -0.4 is 10.6 Å². The van der Waals surface area contributed by atoms with Gasteiger partial charge >= 0.3 is 0 Å². The molecule has 2 N–H and O–H groups in total. The van der Waals surface area contributed by atoms with Crippen molar-refractivity contribution in [3.8, 4) is 0 Å². The Balaban J connectivity index is 1.28. The molecule has 42 heavy (non-hydrogen) atoms. The van der Waals surface area contributed by atoms with Crippen LogP contribution in [-0.2, 0) is 24.4 Å². The highest BCUT2D eigenvalue weighted by molar-refractivity contribution is 7.12. The Hall–Kier alpha value is -2.11. The first kappa shape index (κ1) is 29.9. The van der Waals surface area contributed by atoms with Crippen molar-refractivity contribution in [3.05, 3.63) is 89.8 Å². The number of rotatable bonds is 9. The molecular weight excluding hydrogens is 623 g/mol. The van der Waals surface area contributed by atoms with Gasteiger partial charge in [-0.15, -0.1) is 11.3 Å². The highest BCUT2D eigenvalue weighted by Gasteiger charge is 2.41. The van der Waals surface area contributed by atoms with Crippen LogP contribution in [-0.4, -0.2) is 59.0 Å². The van der Waals surface area contributed by atoms with Crippen molar-refractivity contribution < 1.29 is 13.6 Å². The Kier molecular flexibility index (Phi) is 8.90. The van der Waals surface area contributed by atoms with Crippen LogP contribution in [0.4, 0.5) is 8.78 Å². The van der Waals surface area contributed by atoms with Crippen LogP contribution in [0.2, 0.25) is 15.1 Å². The van der Waals surface area contributed by atoms with E-state index in [1.165, 1.54) is 11.3 Å². The van der Waals surface area contributed by atoms with Crippen molar-refractivity contribution in [1.29, 1.82) is 0 Å². The molecule has 2 bridgehead atoms. The maximum Gasteiger partial charge on any atom is 0.252 e. The Bertz CT molecular complexity index is 1550. The summed E-state index contributed by atoms with van der Waals surface area (Å²) in [6.07, 6.45) is 4.44. The summed E-state index contributed by atoms with van der Waals surface area (Å²) in [4.78, 5) is 23.8. The highest BCUT2D eigenvalue weighted by Crippen LogP contribution is 2.39. The van der Waals surface area contributed by atoms with E-state index in [0.29, 0.717) is 36.1 Å². The molecule has 1 aliphatic carbocycles. The van der Waals surface area contributed by atoms with Crippen LogP contribution in [0.3, 0.4) is 0 Å². The number of piperazine rings is 1. The molecule has 3 aliphatic rings. The van der Waals surface area contributed by atoms with E-state index < -0.39 is 11.6 Å². The van der Waals surface area contributed by atoms with E-state index in [4.69, 9.17) is 34.8 Å². The van der Waals surface area contributed by atoms with E-state index in [2.05, 4.69) is 15.6 Å². The molecule has 1 aromatic heterocycles. The minimum Gasteiger partial charge on any atom is -0.331 e. The molecule has 1 amide bonds. The number of hydrogen-bond donors (Lipinski definition) is 2. The average Bonchev–Trinajstić information content (AvgIpc) is 3.71. The van der Waals surface area contributed by atoms with E-state index in [1.54, 1.807) is 6.07 Å². The number of hydrogen-bond acceptors (Lipinski definition) is 6. The minimum atomic E-state index is -0.647. The van der Waals surface area contributed by atoms with Gasteiger partial charge in [0.25, 0.3) is 5.91 Å². The molecule has 6 rings (SSSR count). The van der Waals surface area contributed by atoms with Crippen molar-refractivity contribution in [1.82, 2.24) is 25.4 Å². The van der Waals surface area contributed by atoms with Crippen LogP contribution >= 0.6 is 46.1 Å². The molecular formula is C30H30Cl3F2N5OS. The lowest BCUT2D eigenvalue weighted by atomic mass is 9.86. The Labute approximate surface area is 262 Å². The van der Waals surface area contributed by atoms with Gasteiger partial charge in [0, 0.05) is 55.6 Å². The van der Waals surface area contributed by atoms with Crippen molar-refractivity contribution >= 4 is 57.6 Å². The van der Waals surface area contributed by atoms with E-state index in [9.17, 15) is 13.6 Å². The molecule has 2 atom stereocenters. The van der Waals surface area contributed by atoms with Gasteiger partial charge in [-0.3, -0.25) is 9.69 Å². The van der Waals surface area contributed by atoms with E-state index in [1.807, 2.05) is 35.2 Å². The predicted molar refractivity (Wildman–Crippen MR) is 164 cm³/mol. The fraction of sp³-hybridized carbons (Fsp3) is 0.400. The third kappa shape index (κ3) is 6.24. The number of carbonyl (C=O) groups excluding carboxylic acids is 1. The fourth-order valence-corrected chi connectivity index (χ4v) is 7.41. The van der Waals surface area contributed by atoms with Crippen molar-refractivity contribution in [2.75, 3.05) is 20.1 Å². The summed E-state index contributed by atoms with van der Waals surface area (Å²) in [6, 6.07) is 7.88. The summed E-state index contributed by atoms with van der Waals surface area (Å²) in [5.41, 5.74) is 2.72. The molecule has 1 saturated heterocycles. The molecule has 222 valence electrons. The van der Waals surface area contributed by atoms with Gasteiger partial charge in [-0.1, -0.05) is 46.9 Å². The summed E-state index contributed by atoms with van der Waals surface area (Å²) in [5.74, 6) is -1.19. The second-order valence-electron chi connectivity index (χ2n) is 11.2. The predicted octanol–water partition coefficient (Wildman–Crippen LogP) is 6.29. The van der Waals surface area contributed by atoms with E-state index in [-0.39, 0.29) is 41.2 Å². The number of nitrogens with zero attached hydrogens (tertiary/aromatic N) is 3. The zero-order valence-electron chi connectivity index (χ0n) is 22.9. The summed E-state index contributed by atoms with van der Waals surface area (Å²) in [6.45, 7) is 2.42. The first-order chi connectivity index (χ1) is 20.2. The number of halogens is 5. The van der Waals surface area contributed by atoms with Crippen LogP contribution in [0.25, 0.3) is 5.57 Å². The normalized spacial score (nSPS) is 20.4. The molecule has 0 spiro atoms. The molecule has 3 heterocycles. The van der Waals surface area contributed by atoms with Gasteiger partial charge in [0.05, 0.1) is 32.5 Å². The summed E-state index contributed by atoms with van der Waals surface area (Å²) in [7, 11) is 1.81. The van der Waals surface area contributed by atoms with Crippen molar-refractivity contribution in [2.45, 2.75) is 57.0 Å². The summed E-state index contributed by atoms with van der Waals surface area (Å²) < 4.78 is 28.3. The molecule has 0 radical (unpaired) electrons. The zero-order chi connectivity index (χ0) is 29.5. The molecule has 2 aliphatic heterocycles. The SMILES string of the molecule is CN(Cc1ncc(C2=C(C(=O)N(Cc3cccc(Cl)c3Cl)C3CC3)[C@H]3CNC[C@@H](C2)N3)s1)Cc1c(F)ccc(F)c1Cl. The van der Waals surface area contributed by atoms with Gasteiger partial charge in [0.2, 0.25) is 0 Å². The quantitative estimate of drug-likeness (QED) is 0.266. The minimum absolute atomic E-state index is 0.00600. The lowest BCUT2D eigenvalue weighted by molar-refractivity contribution is -0.128. The Morgan fingerprint density at radius 3 is 2.62 bits per heavy atom. The topological polar surface area (TPSA) is 60.5 Å². The first-order valence-corrected chi connectivity index (χ1v) is 15.8. The number of benzene rings is 2.